The van der Waals surface area contributed by atoms with Gasteiger partial charge in [0.15, 0.2) is 0 Å². The zero-order valence-electron chi connectivity index (χ0n) is 24.2. The lowest BCUT2D eigenvalue weighted by Gasteiger charge is -2.22. The fraction of sp³-hybridized carbons (Fsp3) is 0.182. The molecule has 4 aromatic rings. The van der Waals surface area contributed by atoms with Crippen LogP contribution in [0.1, 0.15) is 37.3 Å². The van der Waals surface area contributed by atoms with Gasteiger partial charge in [-0.2, -0.15) is 0 Å². The summed E-state index contributed by atoms with van der Waals surface area (Å²) < 4.78 is 34.9. The molecule has 0 aliphatic rings. The molecule has 0 unspecified atom stereocenters. The van der Waals surface area contributed by atoms with Crippen molar-refractivity contribution in [2.75, 3.05) is 6.54 Å². The van der Waals surface area contributed by atoms with Crippen LogP contribution in [0.5, 0.6) is 11.5 Å². The van der Waals surface area contributed by atoms with Crippen LogP contribution in [-0.4, -0.2) is 37.9 Å². The number of hydrogen-bond donors (Lipinski definition) is 3. The van der Waals surface area contributed by atoms with Gasteiger partial charge in [0.05, 0.1) is 4.90 Å². The molecule has 10 nitrogen and oxygen atoms in total. The van der Waals surface area contributed by atoms with Crippen molar-refractivity contribution in [3.8, 4) is 22.6 Å². The molecule has 0 aliphatic heterocycles. The standard InChI is InChI=1S/C33H34N4O6S/c1-2-3-9-21-37(23-24-11-10-12-26(22-24)31(34)36-32(38)42-27-13-5-4-6-14-27)33(39)43-28-19-17-25(18-20-28)29-15-7-8-16-30(29)44(35,40)41/h4-8,10-20,22H,2-3,9,21,23H2,1H3,(H2,34,36,38)(H2,35,40,41). The summed E-state index contributed by atoms with van der Waals surface area (Å²) in [6.07, 6.45) is 1.35. The zero-order chi connectivity index (χ0) is 31.5. The molecule has 0 bridgehead atoms. The van der Waals surface area contributed by atoms with Crippen molar-refractivity contribution >= 4 is 28.0 Å². The molecule has 0 aromatic heterocycles. The molecular formula is C33H34N4O6S. The number of nitrogens with zero attached hydrogens (tertiary/aromatic N) is 1. The summed E-state index contributed by atoms with van der Waals surface area (Å²) in [4.78, 5) is 27.1. The van der Waals surface area contributed by atoms with Gasteiger partial charge in [-0.05, 0) is 53.9 Å². The van der Waals surface area contributed by atoms with Crippen LogP contribution < -0.4 is 19.9 Å². The summed E-state index contributed by atoms with van der Waals surface area (Å²) in [5.41, 5.74) is 2.25. The van der Waals surface area contributed by atoms with E-state index in [2.05, 4.69) is 12.2 Å². The maximum absolute atomic E-state index is 13.3. The lowest BCUT2D eigenvalue weighted by Crippen LogP contribution is -2.34. The first-order chi connectivity index (χ1) is 21.1. The number of carbonyl (C=O) groups excluding carboxylic acids is 2. The minimum Gasteiger partial charge on any atom is -0.410 e. The SMILES string of the molecule is CCCCCN(Cc1cccc(C(=N)NC(=O)Oc2ccccc2)c1)C(=O)Oc1ccc(-c2ccccc2S(N)(=O)=O)cc1. The summed E-state index contributed by atoms with van der Waals surface area (Å²) >= 11 is 0. The zero-order valence-corrected chi connectivity index (χ0v) is 25.0. The van der Waals surface area contributed by atoms with Gasteiger partial charge in [-0.25, -0.2) is 23.1 Å². The topological polar surface area (TPSA) is 152 Å². The van der Waals surface area contributed by atoms with Crippen LogP contribution >= 0.6 is 0 Å². The van der Waals surface area contributed by atoms with Crippen molar-refractivity contribution < 1.29 is 27.5 Å². The molecule has 0 saturated carbocycles. The van der Waals surface area contributed by atoms with Crippen molar-refractivity contribution in [1.29, 1.82) is 5.41 Å². The van der Waals surface area contributed by atoms with Gasteiger partial charge in [-0.1, -0.05) is 86.5 Å². The van der Waals surface area contributed by atoms with Crippen LogP contribution in [0.4, 0.5) is 9.59 Å². The van der Waals surface area contributed by atoms with Gasteiger partial charge in [0.1, 0.15) is 17.3 Å². The predicted octanol–water partition coefficient (Wildman–Crippen LogP) is 6.31. The Hall–Kier alpha value is -5.00. The van der Waals surface area contributed by atoms with Crippen molar-refractivity contribution in [1.82, 2.24) is 10.2 Å². The molecule has 0 saturated heterocycles. The Morgan fingerprint density at radius 2 is 1.52 bits per heavy atom. The van der Waals surface area contributed by atoms with Gasteiger partial charge in [0.2, 0.25) is 10.0 Å². The van der Waals surface area contributed by atoms with E-state index in [9.17, 15) is 18.0 Å². The number of primary sulfonamides is 1. The van der Waals surface area contributed by atoms with Crippen LogP contribution in [0.15, 0.2) is 108 Å². The van der Waals surface area contributed by atoms with Crippen molar-refractivity contribution in [3.05, 3.63) is 114 Å². The Morgan fingerprint density at radius 3 is 2.23 bits per heavy atom. The summed E-state index contributed by atoms with van der Waals surface area (Å²) in [5.74, 6) is 0.511. The van der Waals surface area contributed by atoms with Crippen molar-refractivity contribution in [3.63, 3.8) is 0 Å². The summed E-state index contributed by atoms with van der Waals surface area (Å²) in [6, 6.07) is 28.5. The fourth-order valence-electron chi connectivity index (χ4n) is 4.45. The molecule has 44 heavy (non-hydrogen) atoms. The third-order valence-corrected chi connectivity index (χ3v) is 7.59. The van der Waals surface area contributed by atoms with Crippen molar-refractivity contribution in [2.45, 2.75) is 37.6 Å². The van der Waals surface area contributed by atoms with Crippen molar-refractivity contribution in [2.24, 2.45) is 5.14 Å². The molecule has 0 fully saturated rings. The molecule has 2 amide bonds. The number of unbranched alkanes of at least 4 members (excludes halogenated alkanes) is 2. The fourth-order valence-corrected chi connectivity index (χ4v) is 5.21. The summed E-state index contributed by atoms with van der Waals surface area (Å²) in [6.45, 7) is 2.75. The first-order valence-corrected chi connectivity index (χ1v) is 15.6. The Bertz CT molecular complexity index is 1710. The highest BCUT2D eigenvalue weighted by atomic mass is 32.2. The Labute approximate surface area is 257 Å². The first kappa shape index (κ1) is 31.9. The second kappa shape index (κ2) is 14.9. The Morgan fingerprint density at radius 1 is 0.841 bits per heavy atom. The smallest absolute Gasteiger partial charge is 0.410 e. The second-order valence-corrected chi connectivity index (χ2v) is 11.5. The second-order valence-electron chi connectivity index (χ2n) is 9.97. The third-order valence-electron chi connectivity index (χ3n) is 6.62. The van der Waals surface area contributed by atoms with E-state index >= 15 is 0 Å². The van der Waals surface area contributed by atoms with E-state index in [4.69, 9.17) is 20.0 Å². The third kappa shape index (κ3) is 9.00. The number of benzene rings is 4. The van der Waals surface area contributed by atoms with Gasteiger partial charge in [-0.3, -0.25) is 10.7 Å². The summed E-state index contributed by atoms with van der Waals surface area (Å²) in [7, 11) is -3.92. The number of hydrogen-bond acceptors (Lipinski definition) is 7. The van der Waals surface area contributed by atoms with E-state index < -0.39 is 22.2 Å². The molecule has 4 rings (SSSR count). The lowest BCUT2D eigenvalue weighted by atomic mass is 10.1. The van der Waals surface area contributed by atoms with E-state index in [1.807, 2.05) is 6.07 Å². The molecular weight excluding hydrogens is 580 g/mol. The monoisotopic (exact) mass is 614 g/mol. The minimum absolute atomic E-state index is 0.00504. The lowest BCUT2D eigenvalue weighted by molar-refractivity contribution is 0.148. The van der Waals surface area contributed by atoms with Gasteiger partial charge in [0.25, 0.3) is 0 Å². The Kier molecular flexibility index (Phi) is 10.8. The number of nitrogens with two attached hydrogens (primary N) is 1. The van der Waals surface area contributed by atoms with Crippen LogP contribution in [0.2, 0.25) is 0 Å². The van der Waals surface area contributed by atoms with E-state index in [1.54, 1.807) is 95.9 Å². The molecule has 0 heterocycles. The quantitative estimate of drug-likeness (QED) is 0.102. The molecule has 0 aliphatic carbocycles. The molecule has 0 spiro atoms. The molecule has 4 aromatic carbocycles. The highest BCUT2D eigenvalue weighted by molar-refractivity contribution is 7.89. The van der Waals surface area contributed by atoms with Crippen LogP contribution in [0, 0.1) is 5.41 Å². The molecule has 11 heteroatoms. The summed E-state index contributed by atoms with van der Waals surface area (Å²) in [5, 5.41) is 16.1. The maximum Gasteiger partial charge on any atom is 0.418 e. The average Bonchev–Trinajstić information content (AvgIpc) is 3.01. The number of nitrogens with one attached hydrogen (secondary N) is 2. The maximum atomic E-state index is 13.3. The highest BCUT2D eigenvalue weighted by Crippen LogP contribution is 2.28. The van der Waals surface area contributed by atoms with Gasteiger partial charge in [0, 0.05) is 24.2 Å². The minimum atomic E-state index is -3.92. The van der Waals surface area contributed by atoms with Crippen LogP contribution in [0.3, 0.4) is 0 Å². The highest BCUT2D eigenvalue weighted by Gasteiger charge is 2.19. The number of carbonyl (C=O) groups is 2. The number of sulfonamides is 1. The number of rotatable bonds is 11. The first-order valence-electron chi connectivity index (χ1n) is 14.0. The van der Waals surface area contributed by atoms with E-state index in [0.717, 1.165) is 24.8 Å². The number of amidine groups is 1. The van der Waals surface area contributed by atoms with Gasteiger partial charge in [-0.15, -0.1) is 0 Å². The van der Waals surface area contributed by atoms with Gasteiger partial charge >= 0.3 is 12.2 Å². The molecule has 228 valence electrons. The number of amides is 2. The van der Waals surface area contributed by atoms with E-state index in [1.165, 1.54) is 6.07 Å². The van der Waals surface area contributed by atoms with Gasteiger partial charge < -0.3 is 14.4 Å². The number of para-hydroxylation sites is 1. The molecule has 0 atom stereocenters. The van der Waals surface area contributed by atoms with E-state index in [-0.39, 0.29) is 17.3 Å². The number of ether oxygens (including phenoxy) is 2. The van der Waals surface area contributed by atoms with Crippen LogP contribution in [-0.2, 0) is 16.6 Å². The molecule has 4 N–H and O–H groups in total. The van der Waals surface area contributed by atoms with Crippen LogP contribution in [0.25, 0.3) is 11.1 Å². The normalized spacial score (nSPS) is 11.0. The largest absolute Gasteiger partial charge is 0.418 e. The molecule has 0 radical (unpaired) electrons. The predicted molar refractivity (Wildman–Crippen MR) is 168 cm³/mol. The average molecular weight is 615 g/mol. The Balaban J connectivity index is 1.44. The van der Waals surface area contributed by atoms with E-state index in [0.29, 0.717) is 34.7 Å².